The summed E-state index contributed by atoms with van der Waals surface area (Å²) in [5.41, 5.74) is 7.15. The molecular formula is C15H14ClFN2O2. The molecule has 4 nitrogen and oxygen atoms in total. The summed E-state index contributed by atoms with van der Waals surface area (Å²) in [4.78, 5) is 12.5. The number of aliphatic carboxylic acids is 1. The molecule has 0 bridgehead atoms. The summed E-state index contributed by atoms with van der Waals surface area (Å²) in [6, 6.07) is 11.0. The van der Waals surface area contributed by atoms with Gasteiger partial charge in [0.2, 0.25) is 0 Å². The lowest BCUT2D eigenvalue weighted by Gasteiger charge is -2.24. The molecule has 0 saturated heterocycles. The van der Waals surface area contributed by atoms with Crippen molar-refractivity contribution in [2.24, 2.45) is 0 Å². The summed E-state index contributed by atoms with van der Waals surface area (Å²) in [5.74, 6) is -1.47. The fourth-order valence-corrected chi connectivity index (χ4v) is 2.23. The Kier molecular flexibility index (Phi) is 4.65. The fraction of sp³-hybridized carbons (Fsp3) is 0.133. The van der Waals surface area contributed by atoms with Crippen LogP contribution in [0.4, 0.5) is 15.8 Å². The topological polar surface area (TPSA) is 66.6 Å². The first kappa shape index (κ1) is 15.1. The van der Waals surface area contributed by atoms with Crippen molar-refractivity contribution in [2.45, 2.75) is 6.54 Å². The number of nitrogens with zero attached hydrogens (tertiary/aromatic N) is 1. The van der Waals surface area contributed by atoms with Crippen LogP contribution in [0.5, 0.6) is 0 Å². The van der Waals surface area contributed by atoms with Gasteiger partial charge < -0.3 is 15.7 Å². The molecule has 2 aromatic carbocycles. The number of carboxylic acids is 1. The van der Waals surface area contributed by atoms with Crippen molar-refractivity contribution in [3.05, 3.63) is 58.9 Å². The Labute approximate surface area is 126 Å². The number of nitrogens with two attached hydrogens (primary N) is 1. The Morgan fingerprint density at radius 2 is 2.00 bits per heavy atom. The predicted octanol–water partition coefficient (Wildman–Crippen LogP) is 3.15. The third-order valence-electron chi connectivity index (χ3n) is 2.97. The molecule has 3 N–H and O–H groups in total. The molecule has 0 aliphatic carbocycles. The van der Waals surface area contributed by atoms with E-state index in [1.54, 1.807) is 24.3 Å². The van der Waals surface area contributed by atoms with Gasteiger partial charge in [-0.1, -0.05) is 23.7 Å². The molecule has 0 aliphatic heterocycles. The van der Waals surface area contributed by atoms with Crippen molar-refractivity contribution in [3.8, 4) is 0 Å². The minimum absolute atomic E-state index is 0.0624. The molecule has 0 saturated carbocycles. The van der Waals surface area contributed by atoms with Gasteiger partial charge in [0.05, 0.1) is 11.4 Å². The van der Waals surface area contributed by atoms with Gasteiger partial charge in [-0.3, -0.25) is 4.79 Å². The SMILES string of the molecule is Nc1ccccc1N(CC(=O)O)Cc1cc(Cl)ccc1F. The van der Waals surface area contributed by atoms with E-state index in [2.05, 4.69) is 0 Å². The molecular weight excluding hydrogens is 295 g/mol. The molecule has 21 heavy (non-hydrogen) atoms. The first-order chi connectivity index (χ1) is 9.97. The van der Waals surface area contributed by atoms with Crippen LogP contribution >= 0.6 is 11.6 Å². The van der Waals surface area contributed by atoms with Crippen molar-refractivity contribution in [2.75, 3.05) is 17.2 Å². The summed E-state index contributed by atoms with van der Waals surface area (Å²) in [7, 11) is 0. The van der Waals surface area contributed by atoms with E-state index in [4.69, 9.17) is 22.4 Å². The maximum absolute atomic E-state index is 13.8. The molecule has 0 amide bonds. The highest BCUT2D eigenvalue weighted by Gasteiger charge is 2.16. The van der Waals surface area contributed by atoms with Crippen LogP contribution in [0.15, 0.2) is 42.5 Å². The van der Waals surface area contributed by atoms with E-state index in [9.17, 15) is 9.18 Å². The number of halogens is 2. The van der Waals surface area contributed by atoms with E-state index in [0.717, 1.165) is 0 Å². The minimum Gasteiger partial charge on any atom is -0.480 e. The first-order valence-corrected chi connectivity index (χ1v) is 6.60. The number of hydrogen-bond donors (Lipinski definition) is 2. The van der Waals surface area contributed by atoms with Crippen LogP contribution in [0.2, 0.25) is 5.02 Å². The lowest BCUT2D eigenvalue weighted by atomic mass is 10.1. The van der Waals surface area contributed by atoms with Crippen molar-refractivity contribution in [1.82, 2.24) is 0 Å². The zero-order valence-electron chi connectivity index (χ0n) is 11.1. The van der Waals surface area contributed by atoms with E-state index in [1.165, 1.54) is 23.1 Å². The van der Waals surface area contributed by atoms with E-state index in [0.29, 0.717) is 22.0 Å². The normalized spacial score (nSPS) is 10.4. The van der Waals surface area contributed by atoms with E-state index in [-0.39, 0.29) is 13.1 Å². The van der Waals surface area contributed by atoms with Gasteiger partial charge in [0, 0.05) is 17.1 Å². The number of benzene rings is 2. The molecule has 2 rings (SSSR count). The number of anilines is 2. The number of hydrogen-bond acceptors (Lipinski definition) is 3. The fourth-order valence-electron chi connectivity index (χ4n) is 2.04. The Morgan fingerprint density at radius 3 is 2.67 bits per heavy atom. The lowest BCUT2D eigenvalue weighted by Crippen LogP contribution is -2.30. The minimum atomic E-state index is -1.03. The molecule has 6 heteroatoms. The monoisotopic (exact) mass is 308 g/mol. The molecule has 0 fully saturated rings. The summed E-state index contributed by atoms with van der Waals surface area (Å²) >= 11 is 5.86. The van der Waals surface area contributed by atoms with Crippen LogP contribution in [0.1, 0.15) is 5.56 Å². The molecule has 0 aromatic heterocycles. The van der Waals surface area contributed by atoms with Gasteiger partial charge in [-0.2, -0.15) is 0 Å². The van der Waals surface area contributed by atoms with Gasteiger partial charge in [-0.05, 0) is 30.3 Å². The van der Waals surface area contributed by atoms with Gasteiger partial charge in [-0.15, -0.1) is 0 Å². The van der Waals surface area contributed by atoms with Gasteiger partial charge in [0.1, 0.15) is 12.4 Å². The van der Waals surface area contributed by atoms with Crippen LogP contribution < -0.4 is 10.6 Å². The van der Waals surface area contributed by atoms with Gasteiger partial charge in [0.25, 0.3) is 0 Å². The molecule has 0 heterocycles. The zero-order valence-corrected chi connectivity index (χ0v) is 11.8. The average Bonchev–Trinajstić information content (AvgIpc) is 2.42. The Hall–Kier alpha value is -2.27. The van der Waals surface area contributed by atoms with Crippen LogP contribution in [-0.2, 0) is 11.3 Å². The van der Waals surface area contributed by atoms with E-state index >= 15 is 0 Å². The second kappa shape index (κ2) is 6.45. The van der Waals surface area contributed by atoms with Crippen LogP contribution in [0, 0.1) is 5.82 Å². The van der Waals surface area contributed by atoms with Gasteiger partial charge >= 0.3 is 5.97 Å². The molecule has 0 atom stereocenters. The Morgan fingerprint density at radius 1 is 1.29 bits per heavy atom. The van der Waals surface area contributed by atoms with E-state index in [1.807, 2.05) is 0 Å². The van der Waals surface area contributed by atoms with Gasteiger partial charge in [0.15, 0.2) is 0 Å². The van der Waals surface area contributed by atoms with E-state index < -0.39 is 11.8 Å². The molecule has 0 radical (unpaired) electrons. The zero-order chi connectivity index (χ0) is 15.4. The Bertz CT molecular complexity index is 664. The quantitative estimate of drug-likeness (QED) is 0.833. The van der Waals surface area contributed by atoms with Gasteiger partial charge in [-0.25, -0.2) is 4.39 Å². The number of carboxylic acid groups (broad SMARTS) is 1. The largest absolute Gasteiger partial charge is 0.480 e. The number of carbonyl (C=O) groups is 1. The highest BCUT2D eigenvalue weighted by molar-refractivity contribution is 6.30. The number of para-hydroxylation sites is 2. The van der Waals surface area contributed by atoms with Crippen LogP contribution in [0.25, 0.3) is 0 Å². The van der Waals surface area contributed by atoms with Crippen molar-refractivity contribution < 1.29 is 14.3 Å². The summed E-state index contributed by atoms with van der Waals surface area (Å²) in [6.45, 7) is -0.229. The second-order valence-electron chi connectivity index (χ2n) is 4.54. The highest BCUT2D eigenvalue weighted by Crippen LogP contribution is 2.25. The van der Waals surface area contributed by atoms with Crippen molar-refractivity contribution >= 4 is 28.9 Å². The number of nitrogen functional groups attached to an aromatic ring is 1. The smallest absolute Gasteiger partial charge is 0.323 e. The van der Waals surface area contributed by atoms with Crippen LogP contribution in [0.3, 0.4) is 0 Å². The molecule has 2 aromatic rings. The lowest BCUT2D eigenvalue weighted by molar-refractivity contribution is -0.135. The van der Waals surface area contributed by atoms with Crippen LogP contribution in [-0.4, -0.2) is 17.6 Å². The Balaban J connectivity index is 2.35. The predicted molar refractivity (Wildman–Crippen MR) is 81.0 cm³/mol. The summed E-state index contributed by atoms with van der Waals surface area (Å²) in [5, 5.41) is 9.43. The second-order valence-corrected chi connectivity index (χ2v) is 4.98. The average molecular weight is 309 g/mol. The highest BCUT2D eigenvalue weighted by atomic mass is 35.5. The van der Waals surface area contributed by atoms with Crippen molar-refractivity contribution in [1.29, 1.82) is 0 Å². The summed E-state index contributed by atoms with van der Waals surface area (Å²) < 4.78 is 13.8. The molecule has 0 unspecified atom stereocenters. The first-order valence-electron chi connectivity index (χ1n) is 6.22. The standard InChI is InChI=1S/C15H14ClFN2O2/c16-11-5-6-12(17)10(7-11)8-19(9-15(20)21)14-4-2-1-3-13(14)18/h1-7H,8-9,18H2,(H,20,21). The number of rotatable bonds is 5. The third-order valence-corrected chi connectivity index (χ3v) is 3.21. The summed E-state index contributed by atoms with van der Waals surface area (Å²) in [6.07, 6.45) is 0. The molecule has 0 aliphatic rings. The maximum Gasteiger partial charge on any atom is 0.323 e. The molecule has 110 valence electrons. The maximum atomic E-state index is 13.8. The molecule has 0 spiro atoms. The third kappa shape index (κ3) is 3.86. The van der Waals surface area contributed by atoms with Crippen molar-refractivity contribution in [3.63, 3.8) is 0 Å².